The molecule has 0 bridgehead atoms. The summed E-state index contributed by atoms with van der Waals surface area (Å²) in [6, 6.07) is 2.06. The van der Waals surface area contributed by atoms with Crippen LogP contribution in [0.5, 0.6) is 0 Å². The van der Waals surface area contributed by atoms with E-state index in [1.165, 1.54) is 11.9 Å². The van der Waals surface area contributed by atoms with Crippen LogP contribution in [0.4, 0.5) is 14.5 Å². The molecular formula is C14H18F2N2O2. The van der Waals surface area contributed by atoms with E-state index in [1.54, 1.807) is 6.92 Å². The number of rotatable bonds is 2. The van der Waals surface area contributed by atoms with Gasteiger partial charge in [0.25, 0.3) is 5.91 Å². The summed E-state index contributed by atoms with van der Waals surface area (Å²) in [4.78, 5) is 13.7. The predicted molar refractivity (Wildman–Crippen MR) is 71.7 cm³/mol. The Balaban J connectivity index is 2.18. The number of nitrogens with zero attached hydrogens (tertiary/aromatic N) is 1. The Bertz CT molecular complexity index is 499. The smallest absolute Gasteiger partial charge is 0.254 e. The summed E-state index contributed by atoms with van der Waals surface area (Å²) < 4.78 is 27.3. The number of hydrogen-bond donors (Lipinski definition) is 2. The molecular weight excluding hydrogens is 266 g/mol. The highest BCUT2D eigenvalue weighted by atomic mass is 19.1. The zero-order chi connectivity index (χ0) is 14.9. The molecule has 110 valence electrons. The van der Waals surface area contributed by atoms with Crippen molar-refractivity contribution in [3.05, 3.63) is 29.3 Å². The van der Waals surface area contributed by atoms with Gasteiger partial charge in [-0.3, -0.25) is 4.79 Å². The lowest BCUT2D eigenvalue weighted by Crippen LogP contribution is -2.45. The molecule has 0 atom stereocenters. The lowest BCUT2D eigenvalue weighted by atomic mass is 9.93. The van der Waals surface area contributed by atoms with Crippen molar-refractivity contribution in [2.45, 2.75) is 25.4 Å². The number of likely N-dealkylation sites (tertiary alicyclic amines) is 1. The normalized spacial score (nSPS) is 17.9. The maximum Gasteiger partial charge on any atom is 0.254 e. The summed E-state index contributed by atoms with van der Waals surface area (Å²) in [5.74, 6) is -2.00. The zero-order valence-electron chi connectivity index (χ0n) is 11.5. The molecule has 1 fully saturated rings. The number of piperidine rings is 1. The molecule has 0 aromatic heterocycles. The Morgan fingerprint density at radius 1 is 1.30 bits per heavy atom. The first-order valence-corrected chi connectivity index (χ1v) is 6.52. The molecule has 6 heteroatoms. The van der Waals surface area contributed by atoms with Gasteiger partial charge in [-0.05, 0) is 31.9 Å². The van der Waals surface area contributed by atoms with E-state index in [4.69, 9.17) is 0 Å². The van der Waals surface area contributed by atoms with Crippen LogP contribution in [-0.2, 0) is 0 Å². The molecule has 1 aliphatic heterocycles. The molecule has 2 N–H and O–H groups in total. The standard InChI is InChI=1S/C14H18F2N2O2/c1-14(20)3-5-18(6-4-14)13(19)9-7-10(15)12(17-2)11(16)8-9/h7-8,17,20H,3-6H2,1-2H3. The van der Waals surface area contributed by atoms with Gasteiger partial charge in [0.05, 0.1) is 5.60 Å². The molecule has 0 saturated carbocycles. The number of nitrogens with one attached hydrogen (secondary N) is 1. The summed E-state index contributed by atoms with van der Waals surface area (Å²) in [5, 5.41) is 12.2. The maximum atomic E-state index is 13.6. The van der Waals surface area contributed by atoms with Gasteiger partial charge in [-0.25, -0.2) is 8.78 Å². The average Bonchev–Trinajstić information content (AvgIpc) is 2.37. The highest BCUT2D eigenvalue weighted by Gasteiger charge is 2.30. The number of halogens is 2. The number of carbonyl (C=O) groups is 1. The Hall–Kier alpha value is -1.69. The minimum atomic E-state index is -0.792. The van der Waals surface area contributed by atoms with Crippen molar-refractivity contribution in [2.24, 2.45) is 0 Å². The van der Waals surface area contributed by atoms with Crippen LogP contribution in [-0.4, -0.2) is 41.7 Å². The number of aliphatic hydroxyl groups is 1. The molecule has 2 rings (SSSR count). The Kier molecular flexibility index (Phi) is 3.94. The Labute approximate surface area is 116 Å². The second-order valence-corrected chi connectivity index (χ2v) is 5.35. The topological polar surface area (TPSA) is 52.6 Å². The third kappa shape index (κ3) is 2.90. The van der Waals surface area contributed by atoms with Crippen LogP contribution in [0.25, 0.3) is 0 Å². The molecule has 0 radical (unpaired) electrons. The van der Waals surface area contributed by atoms with Gasteiger partial charge < -0.3 is 15.3 Å². The predicted octanol–water partition coefficient (Wildman–Crippen LogP) is 1.99. The van der Waals surface area contributed by atoms with Crippen LogP contribution in [0, 0.1) is 11.6 Å². The molecule has 1 amide bonds. The summed E-state index contributed by atoms with van der Waals surface area (Å²) in [6.45, 7) is 2.47. The lowest BCUT2D eigenvalue weighted by molar-refractivity contribution is -0.00205. The number of anilines is 1. The molecule has 0 unspecified atom stereocenters. The van der Waals surface area contributed by atoms with Crippen LogP contribution < -0.4 is 5.32 Å². The third-order valence-corrected chi connectivity index (χ3v) is 3.67. The van der Waals surface area contributed by atoms with E-state index >= 15 is 0 Å². The van der Waals surface area contributed by atoms with Crippen LogP contribution >= 0.6 is 0 Å². The van der Waals surface area contributed by atoms with Crippen molar-refractivity contribution >= 4 is 11.6 Å². The molecule has 1 saturated heterocycles. The van der Waals surface area contributed by atoms with Crippen molar-refractivity contribution in [3.63, 3.8) is 0 Å². The van der Waals surface area contributed by atoms with Gasteiger partial charge in [0, 0.05) is 25.7 Å². The van der Waals surface area contributed by atoms with Gasteiger partial charge in [0.1, 0.15) is 17.3 Å². The van der Waals surface area contributed by atoms with Gasteiger partial charge in [0.15, 0.2) is 0 Å². The minimum Gasteiger partial charge on any atom is -0.390 e. The van der Waals surface area contributed by atoms with E-state index in [1.807, 2.05) is 0 Å². The second-order valence-electron chi connectivity index (χ2n) is 5.35. The van der Waals surface area contributed by atoms with Crippen molar-refractivity contribution in [1.29, 1.82) is 0 Å². The maximum absolute atomic E-state index is 13.6. The van der Waals surface area contributed by atoms with Crippen LogP contribution in [0.1, 0.15) is 30.1 Å². The van der Waals surface area contributed by atoms with E-state index in [9.17, 15) is 18.7 Å². The van der Waals surface area contributed by atoms with E-state index in [0.29, 0.717) is 25.9 Å². The van der Waals surface area contributed by atoms with Crippen molar-refractivity contribution in [3.8, 4) is 0 Å². The summed E-state index contributed by atoms with van der Waals surface area (Å²) in [7, 11) is 1.41. The molecule has 4 nitrogen and oxygen atoms in total. The van der Waals surface area contributed by atoms with Gasteiger partial charge in [-0.1, -0.05) is 0 Å². The second kappa shape index (κ2) is 5.36. The monoisotopic (exact) mass is 284 g/mol. The SMILES string of the molecule is CNc1c(F)cc(C(=O)N2CCC(C)(O)CC2)cc1F. The largest absolute Gasteiger partial charge is 0.390 e. The van der Waals surface area contributed by atoms with Gasteiger partial charge in [-0.2, -0.15) is 0 Å². The molecule has 1 aliphatic rings. The fourth-order valence-electron chi connectivity index (χ4n) is 2.31. The number of hydrogen-bond acceptors (Lipinski definition) is 3. The third-order valence-electron chi connectivity index (χ3n) is 3.67. The van der Waals surface area contributed by atoms with E-state index in [0.717, 1.165) is 12.1 Å². The van der Waals surface area contributed by atoms with Crippen LogP contribution in [0.3, 0.4) is 0 Å². The fourth-order valence-corrected chi connectivity index (χ4v) is 2.31. The van der Waals surface area contributed by atoms with Gasteiger partial charge >= 0.3 is 0 Å². The first-order valence-electron chi connectivity index (χ1n) is 6.52. The molecule has 20 heavy (non-hydrogen) atoms. The van der Waals surface area contributed by atoms with Gasteiger partial charge in [0.2, 0.25) is 0 Å². The van der Waals surface area contributed by atoms with Crippen molar-refractivity contribution in [2.75, 3.05) is 25.5 Å². The van der Waals surface area contributed by atoms with Crippen molar-refractivity contribution in [1.82, 2.24) is 4.90 Å². The minimum absolute atomic E-state index is 0.0134. The van der Waals surface area contributed by atoms with Crippen LogP contribution in [0.2, 0.25) is 0 Å². The molecule has 1 aromatic rings. The summed E-state index contributed by atoms with van der Waals surface area (Å²) in [6.07, 6.45) is 0.913. The molecule has 1 aromatic carbocycles. The first-order chi connectivity index (χ1) is 9.34. The fraction of sp³-hybridized carbons (Fsp3) is 0.500. The van der Waals surface area contributed by atoms with E-state index < -0.39 is 23.1 Å². The highest BCUT2D eigenvalue weighted by Crippen LogP contribution is 2.25. The van der Waals surface area contributed by atoms with Gasteiger partial charge in [-0.15, -0.1) is 0 Å². The molecule has 1 heterocycles. The quantitative estimate of drug-likeness (QED) is 0.873. The van der Waals surface area contributed by atoms with E-state index in [2.05, 4.69) is 5.32 Å². The Morgan fingerprint density at radius 3 is 2.25 bits per heavy atom. The molecule has 0 spiro atoms. The van der Waals surface area contributed by atoms with E-state index in [-0.39, 0.29) is 11.3 Å². The average molecular weight is 284 g/mol. The zero-order valence-corrected chi connectivity index (χ0v) is 11.5. The summed E-state index contributed by atoms with van der Waals surface area (Å²) in [5.41, 5.74) is -1.04. The lowest BCUT2D eigenvalue weighted by Gasteiger charge is -2.35. The van der Waals surface area contributed by atoms with Crippen LogP contribution in [0.15, 0.2) is 12.1 Å². The first kappa shape index (κ1) is 14.7. The number of amides is 1. The molecule has 0 aliphatic carbocycles. The Morgan fingerprint density at radius 2 is 1.80 bits per heavy atom. The number of benzene rings is 1. The summed E-state index contributed by atoms with van der Waals surface area (Å²) >= 11 is 0. The highest BCUT2D eigenvalue weighted by molar-refractivity contribution is 5.94. The number of carbonyl (C=O) groups excluding carboxylic acids is 1. The van der Waals surface area contributed by atoms with Crippen molar-refractivity contribution < 1.29 is 18.7 Å².